The van der Waals surface area contributed by atoms with Crippen molar-refractivity contribution in [2.75, 3.05) is 18.9 Å². The molecule has 1 N–H and O–H groups in total. The third-order valence-electron chi connectivity index (χ3n) is 4.33. The van der Waals surface area contributed by atoms with Gasteiger partial charge in [0, 0.05) is 19.2 Å². The molecule has 1 atom stereocenters. The highest BCUT2D eigenvalue weighted by Gasteiger charge is 2.32. The van der Waals surface area contributed by atoms with Gasteiger partial charge in [-0.2, -0.15) is 0 Å². The van der Waals surface area contributed by atoms with E-state index in [0.29, 0.717) is 18.0 Å². The Hall–Kier alpha value is -2.44. The maximum atomic E-state index is 12.7. The van der Waals surface area contributed by atoms with Crippen molar-refractivity contribution in [3.05, 3.63) is 35.1 Å². The second-order valence-corrected chi connectivity index (χ2v) is 5.80. The van der Waals surface area contributed by atoms with Crippen LogP contribution in [0.15, 0.2) is 16.9 Å². The molecule has 0 spiro atoms. The Balaban J connectivity index is 1.79. The lowest BCUT2D eigenvalue weighted by molar-refractivity contribution is -0.131. The molecular weight excluding hydrogens is 294 g/mol. The van der Waals surface area contributed by atoms with Crippen molar-refractivity contribution in [3.63, 3.8) is 0 Å². The number of carbonyl (C=O) groups is 1. The molecule has 7 heteroatoms. The van der Waals surface area contributed by atoms with Crippen LogP contribution in [0.2, 0.25) is 0 Å². The smallest absolute Gasteiger partial charge is 0.227 e. The lowest BCUT2D eigenvalue weighted by Gasteiger charge is -2.24. The van der Waals surface area contributed by atoms with Gasteiger partial charge in [0.15, 0.2) is 0 Å². The average Bonchev–Trinajstić information content (AvgIpc) is 3.17. The van der Waals surface area contributed by atoms with Crippen molar-refractivity contribution in [3.8, 4) is 0 Å². The zero-order valence-electron chi connectivity index (χ0n) is 13.7. The second-order valence-electron chi connectivity index (χ2n) is 5.80. The van der Waals surface area contributed by atoms with E-state index < -0.39 is 0 Å². The van der Waals surface area contributed by atoms with E-state index in [1.807, 2.05) is 25.8 Å². The van der Waals surface area contributed by atoms with Crippen LogP contribution in [-0.2, 0) is 11.2 Å². The van der Waals surface area contributed by atoms with Crippen molar-refractivity contribution in [1.82, 2.24) is 20.0 Å². The lowest BCUT2D eigenvalue weighted by Crippen LogP contribution is -2.32. The van der Waals surface area contributed by atoms with Gasteiger partial charge in [-0.25, -0.2) is 4.98 Å². The van der Waals surface area contributed by atoms with E-state index >= 15 is 0 Å². The number of nitrogens with zero attached hydrogens (tertiary/aromatic N) is 4. The summed E-state index contributed by atoms with van der Waals surface area (Å²) in [5, 5.41) is 6.91. The molecule has 0 radical (unpaired) electrons. The fourth-order valence-electron chi connectivity index (χ4n) is 3.04. The van der Waals surface area contributed by atoms with Crippen molar-refractivity contribution in [2.24, 2.45) is 0 Å². The first-order valence-electron chi connectivity index (χ1n) is 7.81. The third-order valence-corrected chi connectivity index (χ3v) is 4.33. The van der Waals surface area contributed by atoms with Crippen LogP contribution in [0, 0.1) is 13.8 Å². The highest BCUT2D eigenvalue weighted by Crippen LogP contribution is 2.31. The number of hydrogen-bond donors (Lipinski definition) is 1. The molecule has 0 aromatic carbocycles. The van der Waals surface area contributed by atoms with Crippen molar-refractivity contribution in [1.29, 1.82) is 0 Å². The van der Waals surface area contributed by atoms with Crippen LogP contribution < -0.4 is 5.32 Å². The number of hydrogen-bond acceptors (Lipinski definition) is 6. The molecule has 1 amide bonds. The van der Waals surface area contributed by atoms with E-state index in [2.05, 4.69) is 20.4 Å². The molecule has 3 heterocycles. The summed E-state index contributed by atoms with van der Waals surface area (Å²) in [6, 6.07) is -0.0104. The Labute approximate surface area is 135 Å². The van der Waals surface area contributed by atoms with Crippen molar-refractivity contribution >= 4 is 11.7 Å². The van der Waals surface area contributed by atoms with E-state index in [9.17, 15) is 4.79 Å². The van der Waals surface area contributed by atoms with Gasteiger partial charge in [-0.3, -0.25) is 9.78 Å². The van der Waals surface area contributed by atoms with Crippen molar-refractivity contribution in [2.45, 2.75) is 39.2 Å². The SMILES string of the molecule is CNc1cncc([C@@H]2CCCN2C(=O)Cc2c(C)noc2C)n1. The van der Waals surface area contributed by atoms with Gasteiger partial charge in [0.1, 0.15) is 11.6 Å². The molecule has 1 aliphatic rings. The highest BCUT2D eigenvalue weighted by molar-refractivity contribution is 5.80. The third kappa shape index (κ3) is 3.04. The first-order chi connectivity index (χ1) is 11.1. The Morgan fingerprint density at radius 3 is 2.96 bits per heavy atom. The molecule has 0 unspecified atom stereocenters. The summed E-state index contributed by atoms with van der Waals surface area (Å²) in [6.07, 6.45) is 5.62. The Bertz CT molecular complexity index is 693. The minimum absolute atomic E-state index is 0.0104. The van der Waals surface area contributed by atoms with E-state index in [1.165, 1.54) is 0 Å². The standard InChI is InChI=1S/C16H21N5O2/c1-10-12(11(2)23-20-10)7-16(22)21-6-4-5-14(21)13-8-18-9-15(17-3)19-13/h8-9,14H,4-7H2,1-3H3,(H,17,19)/t14-/m0/s1. The quantitative estimate of drug-likeness (QED) is 0.929. The number of likely N-dealkylation sites (tertiary alicyclic amines) is 1. The fraction of sp³-hybridized carbons (Fsp3) is 0.500. The predicted molar refractivity (Wildman–Crippen MR) is 84.9 cm³/mol. The average molecular weight is 315 g/mol. The lowest BCUT2D eigenvalue weighted by atomic mass is 10.1. The molecule has 0 aliphatic carbocycles. The molecule has 7 nitrogen and oxygen atoms in total. The fourth-order valence-corrected chi connectivity index (χ4v) is 3.04. The zero-order valence-corrected chi connectivity index (χ0v) is 13.7. The number of anilines is 1. The molecule has 1 aliphatic heterocycles. The van der Waals surface area contributed by atoms with Crippen LogP contribution in [0.25, 0.3) is 0 Å². The molecule has 1 saturated heterocycles. The second kappa shape index (κ2) is 6.36. The summed E-state index contributed by atoms with van der Waals surface area (Å²) in [5.74, 6) is 1.51. The molecule has 1 fully saturated rings. The van der Waals surface area contributed by atoms with Gasteiger partial charge in [0.25, 0.3) is 0 Å². The van der Waals surface area contributed by atoms with Crippen LogP contribution in [0.5, 0.6) is 0 Å². The maximum Gasteiger partial charge on any atom is 0.227 e. The molecule has 0 saturated carbocycles. The largest absolute Gasteiger partial charge is 0.372 e. The molecule has 3 rings (SSSR count). The van der Waals surface area contributed by atoms with Crippen LogP contribution in [-0.4, -0.2) is 39.5 Å². The number of aromatic nitrogens is 3. The number of amides is 1. The van der Waals surface area contributed by atoms with Gasteiger partial charge in [0.05, 0.1) is 36.2 Å². The molecule has 2 aromatic rings. The van der Waals surface area contributed by atoms with Gasteiger partial charge < -0.3 is 14.7 Å². The molecule has 23 heavy (non-hydrogen) atoms. The van der Waals surface area contributed by atoms with E-state index in [1.54, 1.807) is 12.4 Å². The van der Waals surface area contributed by atoms with E-state index in [4.69, 9.17) is 4.52 Å². The first kappa shape index (κ1) is 15.5. The van der Waals surface area contributed by atoms with E-state index in [0.717, 1.165) is 36.3 Å². The summed E-state index contributed by atoms with van der Waals surface area (Å²) in [4.78, 5) is 23.4. The van der Waals surface area contributed by atoms with Gasteiger partial charge in [-0.15, -0.1) is 0 Å². The van der Waals surface area contributed by atoms with Crippen LogP contribution in [0.4, 0.5) is 5.82 Å². The minimum atomic E-state index is -0.0104. The van der Waals surface area contributed by atoms with Crippen LogP contribution >= 0.6 is 0 Å². The summed E-state index contributed by atoms with van der Waals surface area (Å²) < 4.78 is 5.15. The number of nitrogens with one attached hydrogen (secondary N) is 1. The van der Waals surface area contributed by atoms with Gasteiger partial charge in [-0.1, -0.05) is 5.16 Å². The number of aryl methyl sites for hydroxylation is 2. The first-order valence-corrected chi connectivity index (χ1v) is 7.81. The summed E-state index contributed by atoms with van der Waals surface area (Å²) >= 11 is 0. The molecule has 122 valence electrons. The number of carbonyl (C=O) groups excluding carboxylic acids is 1. The van der Waals surface area contributed by atoms with Gasteiger partial charge in [-0.05, 0) is 26.7 Å². The number of rotatable bonds is 4. The predicted octanol–water partition coefficient (Wildman–Crippen LogP) is 2.03. The normalized spacial score (nSPS) is 17.5. The maximum absolute atomic E-state index is 12.7. The highest BCUT2D eigenvalue weighted by atomic mass is 16.5. The molecule has 0 bridgehead atoms. The van der Waals surface area contributed by atoms with Gasteiger partial charge in [0.2, 0.25) is 5.91 Å². The van der Waals surface area contributed by atoms with Gasteiger partial charge >= 0.3 is 0 Å². The summed E-state index contributed by atoms with van der Waals surface area (Å²) in [6.45, 7) is 4.45. The van der Waals surface area contributed by atoms with E-state index in [-0.39, 0.29) is 11.9 Å². The van der Waals surface area contributed by atoms with Crippen LogP contribution in [0.3, 0.4) is 0 Å². The summed E-state index contributed by atoms with van der Waals surface area (Å²) in [7, 11) is 1.81. The van der Waals surface area contributed by atoms with Crippen LogP contribution in [0.1, 0.15) is 41.6 Å². The Morgan fingerprint density at radius 1 is 1.43 bits per heavy atom. The summed E-state index contributed by atoms with van der Waals surface area (Å²) in [5.41, 5.74) is 2.50. The monoisotopic (exact) mass is 315 g/mol. The minimum Gasteiger partial charge on any atom is -0.372 e. The zero-order chi connectivity index (χ0) is 16.4. The molecule has 2 aromatic heterocycles. The molecular formula is C16H21N5O2. The topological polar surface area (TPSA) is 84.2 Å². The Morgan fingerprint density at radius 2 is 2.26 bits per heavy atom. The Kier molecular flexibility index (Phi) is 4.27. The van der Waals surface area contributed by atoms with Crippen molar-refractivity contribution < 1.29 is 9.32 Å².